The Labute approximate surface area is 179 Å². The van der Waals surface area contributed by atoms with E-state index >= 15 is 0 Å². The van der Waals surface area contributed by atoms with Gasteiger partial charge in [-0.25, -0.2) is 4.79 Å². The molecule has 0 spiro atoms. The third-order valence-electron chi connectivity index (χ3n) is 5.08. The lowest BCUT2D eigenvalue weighted by Gasteiger charge is -2.23. The number of imide groups is 1. The second-order valence-electron chi connectivity index (χ2n) is 7.67. The van der Waals surface area contributed by atoms with Crippen molar-refractivity contribution in [1.29, 1.82) is 0 Å². The normalized spacial score (nSPS) is 20.1. The summed E-state index contributed by atoms with van der Waals surface area (Å²) < 4.78 is 6.46. The first-order chi connectivity index (χ1) is 13.7. The Morgan fingerprint density at radius 1 is 1.10 bits per heavy atom. The van der Waals surface area contributed by atoms with Crippen molar-refractivity contribution < 1.29 is 19.4 Å². The van der Waals surface area contributed by atoms with Crippen molar-refractivity contribution in [1.82, 2.24) is 10.2 Å². The summed E-state index contributed by atoms with van der Waals surface area (Å²) in [4.78, 5) is 26.5. The van der Waals surface area contributed by atoms with Crippen LogP contribution in [0.1, 0.15) is 37.8 Å². The van der Waals surface area contributed by atoms with Gasteiger partial charge in [0.25, 0.3) is 5.91 Å². The van der Waals surface area contributed by atoms with E-state index in [4.69, 9.17) is 4.74 Å². The summed E-state index contributed by atoms with van der Waals surface area (Å²) in [6.45, 7) is 5.71. The van der Waals surface area contributed by atoms with Crippen molar-refractivity contribution in [3.63, 3.8) is 0 Å². The van der Waals surface area contributed by atoms with Crippen LogP contribution >= 0.6 is 15.9 Å². The fourth-order valence-corrected chi connectivity index (χ4v) is 3.51. The standard InChI is InChI=1S/C22H25BrN2O4/c1-14(2)15-4-6-16(7-5-15)22(3)20(27)25(21(28)24-22)12-18(26)13-29-19-10-8-17(23)9-11-19/h4-11,14,18,26H,12-13H2,1-3H3,(H,24,28). The maximum Gasteiger partial charge on any atom is 0.325 e. The average Bonchev–Trinajstić information content (AvgIpc) is 2.91. The molecule has 29 heavy (non-hydrogen) atoms. The van der Waals surface area contributed by atoms with Gasteiger partial charge in [-0.2, -0.15) is 0 Å². The molecule has 3 rings (SSSR count). The first kappa shape index (κ1) is 21.3. The highest BCUT2D eigenvalue weighted by molar-refractivity contribution is 9.10. The molecule has 1 heterocycles. The molecule has 1 saturated heterocycles. The lowest BCUT2D eigenvalue weighted by molar-refractivity contribution is -0.132. The molecule has 2 atom stereocenters. The summed E-state index contributed by atoms with van der Waals surface area (Å²) in [5.74, 6) is 0.588. The third-order valence-corrected chi connectivity index (χ3v) is 5.61. The molecular weight excluding hydrogens is 436 g/mol. The maximum absolute atomic E-state index is 13.0. The van der Waals surface area contributed by atoms with Crippen molar-refractivity contribution in [3.05, 3.63) is 64.1 Å². The molecule has 3 amide bonds. The zero-order valence-electron chi connectivity index (χ0n) is 16.7. The number of carbonyl (C=O) groups is 2. The number of β-amino-alcohol motifs (C(OH)–C–C–N with tert-alkyl or cyclic N) is 1. The molecule has 154 valence electrons. The van der Waals surface area contributed by atoms with E-state index in [1.54, 1.807) is 19.1 Å². The number of aliphatic hydroxyl groups excluding tert-OH is 1. The fourth-order valence-electron chi connectivity index (χ4n) is 3.25. The van der Waals surface area contributed by atoms with E-state index in [2.05, 4.69) is 35.1 Å². The Balaban J connectivity index is 1.65. The predicted octanol–water partition coefficient (Wildman–Crippen LogP) is 3.78. The molecule has 7 heteroatoms. The van der Waals surface area contributed by atoms with Gasteiger partial charge in [0.05, 0.1) is 6.54 Å². The van der Waals surface area contributed by atoms with Gasteiger partial charge in [0, 0.05) is 4.47 Å². The largest absolute Gasteiger partial charge is 0.491 e. The number of hydrogen-bond donors (Lipinski definition) is 2. The van der Waals surface area contributed by atoms with Crippen molar-refractivity contribution in [2.24, 2.45) is 0 Å². The van der Waals surface area contributed by atoms with Crippen LogP contribution in [0.5, 0.6) is 5.75 Å². The van der Waals surface area contributed by atoms with Gasteiger partial charge in [-0.3, -0.25) is 9.69 Å². The minimum Gasteiger partial charge on any atom is -0.491 e. The van der Waals surface area contributed by atoms with Crippen LogP contribution in [-0.4, -0.2) is 41.2 Å². The minimum absolute atomic E-state index is 0.0293. The Morgan fingerprint density at radius 3 is 2.31 bits per heavy atom. The number of rotatable bonds is 7. The molecule has 2 aromatic rings. The first-order valence-electron chi connectivity index (χ1n) is 9.51. The smallest absolute Gasteiger partial charge is 0.325 e. The van der Waals surface area contributed by atoms with Crippen molar-refractivity contribution in [3.8, 4) is 5.75 Å². The van der Waals surface area contributed by atoms with Crippen LogP contribution in [0.15, 0.2) is 53.0 Å². The monoisotopic (exact) mass is 460 g/mol. The number of benzene rings is 2. The summed E-state index contributed by atoms with van der Waals surface area (Å²) in [7, 11) is 0. The third kappa shape index (κ3) is 4.62. The van der Waals surface area contributed by atoms with Crippen LogP contribution in [0.4, 0.5) is 4.79 Å². The van der Waals surface area contributed by atoms with Gasteiger partial charge >= 0.3 is 6.03 Å². The van der Waals surface area contributed by atoms with Crippen LogP contribution < -0.4 is 10.1 Å². The quantitative estimate of drug-likeness (QED) is 0.616. The number of amides is 3. The van der Waals surface area contributed by atoms with E-state index in [0.29, 0.717) is 17.2 Å². The lowest BCUT2D eigenvalue weighted by atomic mass is 9.90. The maximum atomic E-state index is 13.0. The highest BCUT2D eigenvalue weighted by atomic mass is 79.9. The second-order valence-corrected chi connectivity index (χ2v) is 8.58. The Morgan fingerprint density at radius 2 is 1.72 bits per heavy atom. The molecule has 1 aliphatic rings. The zero-order chi connectivity index (χ0) is 21.2. The average molecular weight is 461 g/mol. The molecule has 0 aliphatic carbocycles. The van der Waals surface area contributed by atoms with E-state index in [0.717, 1.165) is 14.9 Å². The summed E-state index contributed by atoms with van der Waals surface area (Å²) >= 11 is 3.34. The second kappa shape index (κ2) is 8.55. The lowest BCUT2D eigenvalue weighted by Crippen LogP contribution is -2.42. The molecule has 1 aliphatic heterocycles. The summed E-state index contributed by atoms with van der Waals surface area (Å²) in [5, 5.41) is 13.1. The summed E-state index contributed by atoms with van der Waals surface area (Å²) in [5.41, 5.74) is 0.716. The number of ether oxygens (including phenoxy) is 1. The molecule has 0 aromatic heterocycles. The topological polar surface area (TPSA) is 78.9 Å². The molecule has 0 saturated carbocycles. The molecule has 2 N–H and O–H groups in total. The fraction of sp³-hybridized carbons (Fsp3) is 0.364. The molecule has 2 aromatic carbocycles. The van der Waals surface area contributed by atoms with E-state index < -0.39 is 17.7 Å². The van der Waals surface area contributed by atoms with Gasteiger partial charge < -0.3 is 15.2 Å². The van der Waals surface area contributed by atoms with Gasteiger partial charge in [-0.05, 0) is 48.2 Å². The van der Waals surface area contributed by atoms with Crippen LogP contribution in [0.25, 0.3) is 0 Å². The Bertz CT molecular complexity index is 883. The predicted molar refractivity (Wildman–Crippen MR) is 114 cm³/mol. The number of nitrogens with zero attached hydrogens (tertiary/aromatic N) is 1. The molecule has 0 radical (unpaired) electrons. The van der Waals surface area contributed by atoms with E-state index in [1.165, 1.54) is 0 Å². The summed E-state index contributed by atoms with van der Waals surface area (Å²) in [6.07, 6.45) is -1.00. The molecular formula is C22H25BrN2O4. The van der Waals surface area contributed by atoms with Crippen molar-refractivity contribution in [2.45, 2.75) is 38.3 Å². The Kier molecular flexibility index (Phi) is 6.29. The van der Waals surface area contributed by atoms with Crippen LogP contribution in [-0.2, 0) is 10.3 Å². The molecule has 2 unspecified atom stereocenters. The number of carbonyl (C=O) groups excluding carboxylic acids is 2. The van der Waals surface area contributed by atoms with Crippen LogP contribution in [0, 0.1) is 0 Å². The molecule has 0 bridgehead atoms. The highest BCUT2D eigenvalue weighted by Gasteiger charge is 2.49. The number of urea groups is 1. The van der Waals surface area contributed by atoms with Gasteiger partial charge in [0.1, 0.15) is 24.0 Å². The van der Waals surface area contributed by atoms with Gasteiger partial charge in [-0.15, -0.1) is 0 Å². The number of aliphatic hydroxyl groups is 1. The van der Waals surface area contributed by atoms with E-state index in [9.17, 15) is 14.7 Å². The van der Waals surface area contributed by atoms with Gasteiger partial charge in [-0.1, -0.05) is 54.0 Å². The van der Waals surface area contributed by atoms with Gasteiger partial charge in [0.2, 0.25) is 0 Å². The minimum atomic E-state index is -1.15. The summed E-state index contributed by atoms with van der Waals surface area (Å²) in [6, 6.07) is 14.3. The SMILES string of the molecule is CC(C)c1ccc(C2(C)NC(=O)N(CC(O)COc3ccc(Br)cc3)C2=O)cc1. The number of halogens is 1. The highest BCUT2D eigenvalue weighted by Crippen LogP contribution is 2.30. The van der Waals surface area contributed by atoms with Crippen molar-refractivity contribution >= 4 is 27.9 Å². The first-order valence-corrected chi connectivity index (χ1v) is 10.3. The van der Waals surface area contributed by atoms with E-state index in [-0.39, 0.29) is 19.1 Å². The van der Waals surface area contributed by atoms with E-state index in [1.807, 2.05) is 36.4 Å². The molecule has 6 nitrogen and oxygen atoms in total. The number of hydrogen-bond acceptors (Lipinski definition) is 4. The Hall–Kier alpha value is -2.38. The molecule has 1 fully saturated rings. The van der Waals surface area contributed by atoms with Crippen LogP contribution in [0.2, 0.25) is 0 Å². The zero-order valence-corrected chi connectivity index (χ0v) is 18.3. The van der Waals surface area contributed by atoms with Crippen LogP contribution in [0.3, 0.4) is 0 Å². The number of nitrogens with one attached hydrogen (secondary N) is 1. The van der Waals surface area contributed by atoms with Crippen molar-refractivity contribution in [2.75, 3.05) is 13.2 Å². The van der Waals surface area contributed by atoms with Gasteiger partial charge in [0.15, 0.2) is 0 Å².